The maximum absolute atomic E-state index is 14.0. The number of benzene rings is 2. The number of H-pyrrole nitrogens is 1. The van der Waals surface area contributed by atoms with E-state index in [9.17, 15) is 4.79 Å². The number of carbonyl (C=O) groups is 1. The smallest absolute Gasteiger partial charge is 0.254 e. The summed E-state index contributed by atoms with van der Waals surface area (Å²) in [4.78, 5) is 20.5. The normalized spacial score (nSPS) is 17.1. The predicted octanol–water partition coefficient (Wildman–Crippen LogP) is 5.38. The Morgan fingerprint density at radius 3 is 2.81 bits per heavy atom. The predicted molar refractivity (Wildman–Crippen MR) is 142 cm³/mol. The maximum atomic E-state index is 14.0. The fourth-order valence-electron chi connectivity index (χ4n) is 4.85. The van der Waals surface area contributed by atoms with E-state index in [2.05, 4.69) is 20.5 Å². The van der Waals surface area contributed by atoms with Crippen molar-refractivity contribution in [3.8, 4) is 16.9 Å². The number of pyridine rings is 1. The molecule has 0 bridgehead atoms. The van der Waals surface area contributed by atoms with Crippen LogP contribution in [0.15, 0.2) is 54.9 Å². The van der Waals surface area contributed by atoms with E-state index < -0.39 is 0 Å². The van der Waals surface area contributed by atoms with Gasteiger partial charge in [-0.15, -0.1) is 0 Å². The Morgan fingerprint density at radius 1 is 1.22 bits per heavy atom. The van der Waals surface area contributed by atoms with Gasteiger partial charge in [-0.25, -0.2) is 0 Å². The second-order valence-electron chi connectivity index (χ2n) is 9.23. The van der Waals surface area contributed by atoms with Crippen LogP contribution in [0.3, 0.4) is 0 Å². The van der Waals surface area contributed by atoms with E-state index in [0.717, 1.165) is 46.1 Å². The van der Waals surface area contributed by atoms with Gasteiger partial charge in [-0.1, -0.05) is 23.7 Å². The van der Waals surface area contributed by atoms with Crippen LogP contribution < -0.4 is 10.1 Å². The molecule has 1 aliphatic carbocycles. The third-order valence-corrected chi connectivity index (χ3v) is 7.23. The van der Waals surface area contributed by atoms with Crippen LogP contribution in [0, 0.1) is 6.92 Å². The number of amides is 1. The Morgan fingerprint density at radius 2 is 2.06 bits per heavy atom. The number of aryl methyl sites for hydroxylation is 1. The lowest BCUT2D eigenvalue weighted by molar-refractivity contribution is 0.0498. The summed E-state index contributed by atoms with van der Waals surface area (Å²) in [6.07, 6.45) is 5.45. The Balaban J connectivity index is 1.50. The standard InChI is InChI=1S/C28H30ClN5O2/c1-4-36-26-11-19(8-9-24(26)18-6-5-7-21(29)10-18)28(35)34(23-12-22(13-23)30-3)16-20-14-31-17(2)25-15-32-33-27(20)25/h5-11,14-15,22-23,30H,4,12-13,16H2,1-3H3,(H,32,33). The van der Waals surface area contributed by atoms with Gasteiger partial charge in [0.05, 0.1) is 18.3 Å². The maximum Gasteiger partial charge on any atom is 0.254 e. The molecule has 0 saturated heterocycles. The highest BCUT2D eigenvalue weighted by Crippen LogP contribution is 2.35. The third kappa shape index (κ3) is 4.68. The number of hydrogen-bond donors (Lipinski definition) is 2. The molecule has 0 radical (unpaired) electrons. The molecule has 0 unspecified atom stereocenters. The fraction of sp³-hybridized carbons (Fsp3) is 0.321. The zero-order valence-electron chi connectivity index (χ0n) is 20.7. The number of aromatic nitrogens is 3. The van der Waals surface area contributed by atoms with E-state index in [4.69, 9.17) is 16.3 Å². The number of hydrogen-bond acceptors (Lipinski definition) is 5. The number of halogens is 1. The molecule has 0 spiro atoms. The first-order valence-corrected chi connectivity index (χ1v) is 12.6. The van der Waals surface area contributed by atoms with Gasteiger partial charge < -0.3 is 15.0 Å². The van der Waals surface area contributed by atoms with Gasteiger partial charge in [0.15, 0.2) is 0 Å². The molecule has 2 heterocycles. The van der Waals surface area contributed by atoms with Crippen molar-refractivity contribution in [2.24, 2.45) is 0 Å². The number of carbonyl (C=O) groups excluding carboxylic acids is 1. The van der Waals surface area contributed by atoms with Crippen molar-refractivity contribution in [1.82, 2.24) is 25.4 Å². The van der Waals surface area contributed by atoms with Gasteiger partial charge in [-0.2, -0.15) is 5.10 Å². The molecule has 186 valence electrons. The monoisotopic (exact) mass is 503 g/mol. The van der Waals surface area contributed by atoms with Gasteiger partial charge in [0.25, 0.3) is 5.91 Å². The number of ether oxygens (including phenoxy) is 1. The van der Waals surface area contributed by atoms with Crippen LogP contribution in [0.5, 0.6) is 5.75 Å². The molecular formula is C28H30ClN5O2. The van der Waals surface area contributed by atoms with Crippen LogP contribution in [0.2, 0.25) is 5.02 Å². The van der Waals surface area contributed by atoms with E-state index in [0.29, 0.717) is 35.5 Å². The summed E-state index contributed by atoms with van der Waals surface area (Å²) in [6.45, 7) is 4.85. The summed E-state index contributed by atoms with van der Waals surface area (Å²) >= 11 is 6.23. The molecule has 7 nitrogen and oxygen atoms in total. The van der Waals surface area contributed by atoms with Gasteiger partial charge in [-0.05, 0) is 69.6 Å². The van der Waals surface area contributed by atoms with Gasteiger partial charge in [0.2, 0.25) is 0 Å². The van der Waals surface area contributed by atoms with Crippen molar-refractivity contribution in [3.05, 3.63) is 76.7 Å². The Bertz CT molecular complexity index is 1400. The minimum atomic E-state index is -0.0265. The Kier molecular flexibility index (Phi) is 6.94. The van der Waals surface area contributed by atoms with Crippen molar-refractivity contribution in [1.29, 1.82) is 0 Å². The van der Waals surface area contributed by atoms with E-state index in [1.807, 2.05) is 74.5 Å². The number of fused-ring (bicyclic) bond motifs is 1. The summed E-state index contributed by atoms with van der Waals surface area (Å²) < 4.78 is 5.97. The summed E-state index contributed by atoms with van der Waals surface area (Å²) in [6, 6.07) is 13.9. The topological polar surface area (TPSA) is 83.1 Å². The average Bonchev–Trinajstić information content (AvgIpc) is 3.35. The quantitative estimate of drug-likeness (QED) is 0.337. The molecule has 36 heavy (non-hydrogen) atoms. The lowest BCUT2D eigenvalue weighted by Gasteiger charge is -2.43. The summed E-state index contributed by atoms with van der Waals surface area (Å²) in [7, 11) is 1.97. The first kappa shape index (κ1) is 24.3. The molecule has 0 atom stereocenters. The molecule has 1 saturated carbocycles. The molecule has 2 aromatic heterocycles. The highest BCUT2D eigenvalue weighted by atomic mass is 35.5. The number of aromatic amines is 1. The average molecular weight is 504 g/mol. The van der Waals surface area contributed by atoms with Crippen molar-refractivity contribution in [2.45, 2.75) is 45.3 Å². The van der Waals surface area contributed by atoms with E-state index in [-0.39, 0.29) is 11.9 Å². The molecule has 2 aromatic carbocycles. The second-order valence-corrected chi connectivity index (χ2v) is 9.66. The van der Waals surface area contributed by atoms with Crippen LogP contribution >= 0.6 is 11.6 Å². The lowest BCUT2D eigenvalue weighted by atomic mass is 9.85. The zero-order valence-corrected chi connectivity index (χ0v) is 21.5. The van der Waals surface area contributed by atoms with Crippen molar-refractivity contribution in [2.75, 3.05) is 13.7 Å². The van der Waals surface area contributed by atoms with Gasteiger partial charge in [0, 0.05) is 57.6 Å². The first-order valence-electron chi connectivity index (χ1n) is 12.3. The second kappa shape index (κ2) is 10.3. The number of rotatable bonds is 8. The summed E-state index contributed by atoms with van der Waals surface area (Å²) in [5.74, 6) is 0.640. The largest absolute Gasteiger partial charge is 0.493 e. The first-order chi connectivity index (χ1) is 17.5. The Hall–Kier alpha value is -3.42. The highest BCUT2D eigenvalue weighted by molar-refractivity contribution is 6.30. The minimum absolute atomic E-state index is 0.0265. The molecule has 2 N–H and O–H groups in total. The van der Waals surface area contributed by atoms with Gasteiger partial charge in [0.1, 0.15) is 5.75 Å². The molecule has 1 fully saturated rings. The molecule has 5 rings (SSSR count). The molecule has 4 aromatic rings. The molecule has 1 aliphatic rings. The van der Waals surface area contributed by atoms with E-state index >= 15 is 0 Å². The highest BCUT2D eigenvalue weighted by Gasteiger charge is 2.36. The van der Waals surface area contributed by atoms with Crippen LogP contribution in [0.1, 0.15) is 41.4 Å². The number of nitrogens with one attached hydrogen (secondary N) is 2. The van der Waals surface area contributed by atoms with Gasteiger partial charge in [-0.3, -0.25) is 14.9 Å². The van der Waals surface area contributed by atoms with Crippen LogP contribution in [0.25, 0.3) is 22.0 Å². The van der Waals surface area contributed by atoms with Crippen LogP contribution in [0.4, 0.5) is 0 Å². The summed E-state index contributed by atoms with van der Waals surface area (Å²) in [5, 5.41) is 12.3. The van der Waals surface area contributed by atoms with Gasteiger partial charge >= 0.3 is 0 Å². The molecule has 1 amide bonds. The molecule has 8 heteroatoms. The van der Waals surface area contributed by atoms with Crippen LogP contribution in [-0.4, -0.2) is 51.7 Å². The molecule has 0 aliphatic heterocycles. The third-order valence-electron chi connectivity index (χ3n) is 6.99. The summed E-state index contributed by atoms with van der Waals surface area (Å²) in [5.41, 5.74) is 5.24. The van der Waals surface area contributed by atoms with E-state index in [1.165, 1.54) is 0 Å². The van der Waals surface area contributed by atoms with Crippen molar-refractivity contribution >= 4 is 28.4 Å². The van der Waals surface area contributed by atoms with E-state index in [1.54, 1.807) is 6.20 Å². The zero-order chi connectivity index (χ0) is 25.2. The van der Waals surface area contributed by atoms with Crippen molar-refractivity contribution < 1.29 is 9.53 Å². The lowest BCUT2D eigenvalue weighted by Crippen LogP contribution is -2.53. The SMILES string of the molecule is CCOc1cc(C(=O)N(Cc2cnc(C)c3cn[nH]c23)C2CC(NC)C2)ccc1-c1cccc(Cl)c1. The fourth-order valence-corrected chi connectivity index (χ4v) is 5.04. The molecular weight excluding hydrogens is 474 g/mol. The number of nitrogens with zero attached hydrogens (tertiary/aromatic N) is 3. The Labute approximate surface area is 215 Å². The van der Waals surface area contributed by atoms with Crippen LogP contribution in [-0.2, 0) is 6.54 Å². The minimum Gasteiger partial charge on any atom is -0.493 e. The van der Waals surface area contributed by atoms with Crippen molar-refractivity contribution in [3.63, 3.8) is 0 Å².